The van der Waals surface area contributed by atoms with Crippen molar-refractivity contribution in [3.05, 3.63) is 21.3 Å². The molecule has 1 aromatic heterocycles. The Hall–Kier alpha value is -0.0500. The molecule has 0 spiro atoms. The topological polar surface area (TPSA) is 12.0 Å². The fourth-order valence-corrected chi connectivity index (χ4v) is 2.49. The lowest BCUT2D eigenvalue weighted by molar-refractivity contribution is 0.515. The van der Waals surface area contributed by atoms with E-state index in [1.165, 1.54) is 17.7 Å². The molecule has 0 aliphatic rings. The standard InChI is InChI=1S/C11H18ClNS/c1-3-7-13-9(2)4-5-11-10(12)6-8-14-11/h6,8-9,13H,3-5,7H2,1-2H3. The molecule has 0 radical (unpaired) electrons. The van der Waals surface area contributed by atoms with Crippen molar-refractivity contribution in [1.82, 2.24) is 5.32 Å². The normalized spacial score (nSPS) is 13.1. The van der Waals surface area contributed by atoms with Crippen LogP contribution < -0.4 is 5.32 Å². The molecule has 0 aliphatic heterocycles. The first-order valence-electron chi connectivity index (χ1n) is 5.19. The average Bonchev–Trinajstić information content (AvgIpc) is 2.58. The maximum Gasteiger partial charge on any atom is 0.0544 e. The van der Waals surface area contributed by atoms with Gasteiger partial charge in [-0.25, -0.2) is 0 Å². The summed E-state index contributed by atoms with van der Waals surface area (Å²) < 4.78 is 0. The molecule has 0 aromatic carbocycles. The second kappa shape index (κ2) is 6.44. The minimum atomic E-state index is 0.591. The van der Waals surface area contributed by atoms with Gasteiger partial charge < -0.3 is 5.32 Å². The third-order valence-electron chi connectivity index (χ3n) is 2.24. The minimum Gasteiger partial charge on any atom is -0.314 e. The van der Waals surface area contributed by atoms with E-state index in [-0.39, 0.29) is 0 Å². The van der Waals surface area contributed by atoms with Crippen molar-refractivity contribution < 1.29 is 0 Å². The van der Waals surface area contributed by atoms with Gasteiger partial charge in [-0.1, -0.05) is 18.5 Å². The van der Waals surface area contributed by atoms with Crippen molar-refractivity contribution in [3.63, 3.8) is 0 Å². The molecule has 1 atom stereocenters. The van der Waals surface area contributed by atoms with Gasteiger partial charge in [0.2, 0.25) is 0 Å². The Bertz CT molecular complexity index is 260. The lowest BCUT2D eigenvalue weighted by atomic mass is 10.1. The molecule has 1 N–H and O–H groups in total. The summed E-state index contributed by atoms with van der Waals surface area (Å²) in [4.78, 5) is 1.32. The Balaban J connectivity index is 2.23. The Labute approximate surface area is 95.5 Å². The van der Waals surface area contributed by atoms with Crippen LogP contribution in [-0.4, -0.2) is 12.6 Å². The fraction of sp³-hybridized carbons (Fsp3) is 0.636. The summed E-state index contributed by atoms with van der Waals surface area (Å²) >= 11 is 7.77. The van der Waals surface area contributed by atoms with E-state index < -0.39 is 0 Å². The molecule has 1 rings (SSSR count). The van der Waals surface area contributed by atoms with Crippen LogP contribution in [0, 0.1) is 0 Å². The van der Waals surface area contributed by atoms with Gasteiger partial charge in [0.1, 0.15) is 0 Å². The number of hydrogen-bond donors (Lipinski definition) is 1. The van der Waals surface area contributed by atoms with Crippen molar-refractivity contribution in [1.29, 1.82) is 0 Å². The molecule has 80 valence electrons. The first-order chi connectivity index (χ1) is 6.74. The van der Waals surface area contributed by atoms with Crippen molar-refractivity contribution in [2.75, 3.05) is 6.54 Å². The number of nitrogens with one attached hydrogen (secondary N) is 1. The predicted molar refractivity (Wildman–Crippen MR) is 65.4 cm³/mol. The molecule has 0 saturated carbocycles. The van der Waals surface area contributed by atoms with Crippen molar-refractivity contribution in [2.45, 2.75) is 39.2 Å². The Morgan fingerprint density at radius 2 is 2.36 bits per heavy atom. The minimum absolute atomic E-state index is 0.591. The highest BCUT2D eigenvalue weighted by Gasteiger charge is 2.05. The number of thiophene rings is 1. The van der Waals surface area contributed by atoms with Crippen LogP contribution in [0.25, 0.3) is 0 Å². The van der Waals surface area contributed by atoms with E-state index in [0.717, 1.165) is 18.0 Å². The summed E-state index contributed by atoms with van der Waals surface area (Å²) in [5, 5.41) is 6.46. The first kappa shape index (κ1) is 12.0. The van der Waals surface area contributed by atoms with E-state index in [1.807, 2.05) is 6.07 Å². The molecule has 0 aliphatic carbocycles. The molecule has 0 amide bonds. The van der Waals surface area contributed by atoms with Gasteiger partial charge in [-0.3, -0.25) is 0 Å². The molecule has 1 unspecified atom stereocenters. The fourth-order valence-electron chi connectivity index (χ4n) is 1.34. The molecule has 3 heteroatoms. The van der Waals surface area contributed by atoms with Crippen LogP contribution in [0.1, 0.15) is 31.6 Å². The lowest BCUT2D eigenvalue weighted by Crippen LogP contribution is -2.26. The van der Waals surface area contributed by atoms with Crippen LogP contribution >= 0.6 is 22.9 Å². The summed E-state index contributed by atoms with van der Waals surface area (Å²) in [7, 11) is 0. The molecule has 14 heavy (non-hydrogen) atoms. The van der Waals surface area contributed by atoms with E-state index in [9.17, 15) is 0 Å². The first-order valence-corrected chi connectivity index (χ1v) is 6.45. The van der Waals surface area contributed by atoms with Crippen LogP contribution in [0.3, 0.4) is 0 Å². The molecule has 1 nitrogen and oxygen atoms in total. The summed E-state index contributed by atoms with van der Waals surface area (Å²) in [5.41, 5.74) is 0. The predicted octanol–water partition coefficient (Wildman–Crippen LogP) is 3.72. The van der Waals surface area contributed by atoms with E-state index in [2.05, 4.69) is 24.5 Å². The maximum absolute atomic E-state index is 6.02. The number of aryl methyl sites for hydroxylation is 1. The summed E-state index contributed by atoms with van der Waals surface area (Å²) in [6, 6.07) is 2.57. The summed E-state index contributed by atoms with van der Waals surface area (Å²) in [6.45, 7) is 5.53. The van der Waals surface area contributed by atoms with Crippen LogP contribution in [0.4, 0.5) is 0 Å². The molecule has 0 bridgehead atoms. The van der Waals surface area contributed by atoms with Crippen LogP contribution in [0.2, 0.25) is 5.02 Å². The number of hydrogen-bond acceptors (Lipinski definition) is 2. The molecule has 0 saturated heterocycles. The molecule has 1 aromatic rings. The van der Waals surface area contributed by atoms with Gasteiger partial charge in [0.05, 0.1) is 5.02 Å². The van der Waals surface area contributed by atoms with Gasteiger partial charge in [-0.15, -0.1) is 11.3 Å². The zero-order chi connectivity index (χ0) is 10.4. The van der Waals surface area contributed by atoms with Gasteiger partial charge in [0, 0.05) is 10.9 Å². The molecular formula is C11H18ClNS. The highest BCUT2D eigenvalue weighted by molar-refractivity contribution is 7.10. The largest absolute Gasteiger partial charge is 0.314 e. The third kappa shape index (κ3) is 3.99. The van der Waals surface area contributed by atoms with Crippen molar-refractivity contribution in [2.24, 2.45) is 0 Å². The number of halogens is 1. The van der Waals surface area contributed by atoms with Crippen LogP contribution in [0.5, 0.6) is 0 Å². The Kier molecular flexibility index (Phi) is 5.53. The zero-order valence-corrected chi connectivity index (χ0v) is 10.4. The number of rotatable bonds is 6. The zero-order valence-electron chi connectivity index (χ0n) is 8.85. The summed E-state index contributed by atoms with van der Waals surface area (Å²) in [6.07, 6.45) is 3.46. The second-order valence-corrected chi connectivity index (χ2v) is 4.99. The van der Waals surface area contributed by atoms with E-state index in [1.54, 1.807) is 11.3 Å². The monoisotopic (exact) mass is 231 g/mol. The Morgan fingerprint density at radius 3 is 2.93 bits per heavy atom. The van der Waals surface area contributed by atoms with Gasteiger partial charge in [0.15, 0.2) is 0 Å². The third-order valence-corrected chi connectivity index (χ3v) is 3.69. The SMILES string of the molecule is CCCNC(C)CCc1sccc1Cl. The second-order valence-electron chi connectivity index (χ2n) is 3.59. The molecule has 0 fully saturated rings. The van der Waals surface area contributed by atoms with Crippen molar-refractivity contribution in [3.8, 4) is 0 Å². The van der Waals surface area contributed by atoms with Crippen LogP contribution in [-0.2, 0) is 6.42 Å². The molecule has 1 heterocycles. The van der Waals surface area contributed by atoms with Crippen LogP contribution in [0.15, 0.2) is 11.4 Å². The highest BCUT2D eigenvalue weighted by Crippen LogP contribution is 2.23. The molecular weight excluding hydrogens is 214 g/mol. The van der Waals surface area contributed by atoms with E-state index in [0.29, 0.717) is 6.04 Å². The lowest BCUT2D eigenvalue weighted by Gasteiger charge is -2.12. The highest BCUT2D eigenvalue weighted by atomic mass is 35.5. The van der Waals surface area contributed by atoms with Gasteiger partial charge >= 0.3 is 0 Å². The van der Waals surface area contributed by atoms with Gasteiger partial charge in [-0.2, -0.15) is 0 Å². The van der Waals surface area contributed by atoms with Crippen molar-refractivity contribution >= 4 is 22.9 Å². The van der Waals surface area contributed by atoms with Gasteiger partial charge in [0.25, 0.3) is 0 Å². The average molecular weight is 232 g/mol. The smallest absolute Gasteiger partial charge is 0.0544 e. The summed E-state index contributed by atoms with van der Waals surface area (Å²) in [5.74, 6) is 0. The Morgan fingerprint density at radius 1 is 1.57 bits per heavy atom. The van der Waals surface area contributed by atoms with E-state index in [4.69, 9.17) is 11.6 Å². The quantitative estimate of drug-likeness (QED) is 0.787. The maximum atomic E-state index is 6.02. The van der Waals surface area contributed by atoms with E-state index >= 15 is 0 Å². The van der Waals surface area contributed by atoms with Gasteiger partial charge in [-0.05, 0) is 44.2 Å².